The second-order valence-corrected chi connectivity index (χ2v) is 9.37. The first-order valence-corrected chi connectivity index (χ1v) is 12.0. The number of pyridine rings is 1. The minimum Gasteiger partial charge on any atom is -0.495 e. The number of hydrogen-bond acceptors (Lipinski definition) is 6. The third-order valence-electron chi connectivity index (χ3n) is 6.92. The number of amides is 1. The van der Waals surface area contributed by atoms with Gasteiger partial charge < -0.3 is 19.9 Å². The van der Waals surface area contributed by atoms with Crippen LogP contribution in [0.3, 0.4) is 0 Å². The molecule has 1 atom stereocenters. The number of ether oxygens (including phenoxy) is 2. The van der Waals surface area contributed by atoms with E-state index in [1.165, 1.54) is 6.07 Å². The van der Waals surface area contributed by atoms with Gasteiger partial charge in [0.05, 0.1) is 24.3 Å². The fraction of sp³-hybridized carbons (Fsp3) is 0.481. The molecule has 2 N–H and O–H groups in total. The van der Waals surface area contributed by atoms with Crippen LogP contribution in [0.2, 0.25) is 0 Å². The van der Waals surface area contributed by atoms with Crippen molar-refractivity contribution in [1.29, 1.82) is 5.26 Å². The van der Waals surface area contributed by atoms with E-state index < -0.39 is 17.5 Å². The van der Waals surface area contributed by atoms with Crippen LogP contribution < -0.4 is 14.8 Å². The molecule has 8 nitrogen and oxygen atoms in total. The Hall–Kier alpha value is -3.60. The van der Waals surface area contributed by atoms with Crippen LogP contribution in [0, 0.1) is 22.7 Å². The van der Waals surface area contributed by atoms with Gasteiger partial charge in [-0.25, -0.2) is 0 Å². The van der Waals surface area contributed by atoms with E-state index in [1.54, 1.807) is 32.4 Å². The van der Waals surface area contributed by atoms with Crippen LogP contribution in [0.4, 0.5) is 0 Å². The predicted molar refractivity (Wildman–Crippen MR) is 130 cm³/mol. The zero-order chi connectivity index (χ0) is 25.6. The lowest BCUT2D eigenvalue weighted by Gasteiger charge is -2.33. The van der Waals surface area contributed by atoms with Crippen molar-refractivity contribution < 1.29 is 24.2 Å². The standard InChI is InChI=1S/C27H33N3O5/c1-5-21-13-22(24(34-4)16-29-21)17(2)35-23-7-6-19(12-20(23)14-28)25(31)30-15-18-8-10-27(3,11-9-18)26(32)33/h6-7,12-13,16-18H,5,8-11,15H2,1-4H3,(H,30,31)(H,32,33)/t17-,18?,27?/m0/s1. The SMILES string of the molecule is CCc1cc([C@H](C)Oc2ccc(C(=O)NCC3CCC(C)(C(=O)O)CC3)cc2C#N)c(OC)cn1. The number of nitrogens with one attached hydrogen (secondary N) is 1. The van der Waals surface area contributed by atoms with Crippen LogP contribution in [0.15, 0.2) is 30.5 Å². The van der Waals surface area contributed by atoms with Crippen LogP contribution in [-0.4, -0.2) is 35.6 Å². The Morgan fingerprint density at radius 3 is 2.60 bits per heavy atom. The topological polar surface area (TPSA) is 122 Å². The third-order valence-corrected chi connectivity index (χ3v) is 6.92. The molecule has 186 valence electrons. The molecule has 1 aliphatic rings. The summed E-state index contributed by atoms with van der Waals surface area (Å²) < 4.78 is 11.5. The number of hydrogen-bond donors (Lipinski definition) is 2. The molecule has 2 aromatic rings. The first-order chi connectivity index (χ1) is 16.7. The number of nitriles is 1. The maximum atomic E-state index is 12.7. The summed E-state index contributed by atoms with van der Waals surface area (Å²) in [7, 11) is 1.57. The number of carboxylic acid groups (broad SMARTS) is 1. The summed E-state index contributed by atoms with van der Waals surface area (Å²) in [6, 6.07) is 8.86. The maximum absolute atomic E-state index is 12.7. The highest BCUT2D eigenvalue weighted by molar-refractivity contribution is 5.94. The second kappa shape index (κ2) is 11.2. The molecule has 1 aromatic heterocycles. The van der Waals surface area contributed by atoms with Crippen LogP contribution >= 0.6 is 0 Å². The molecular formula is C27H33N3O5. The monoisotopic (exact) mass is 479 g/mol. The fourth-order valence-corrected chi connectivity index (χ4v) is 4.37. The summed E-state index contributed by atoms with van der Waals surface area (Å²) in [5, 5.41) is 22.0. The van der Waals surface area contributed by atoms with Gasteiger partial charge in [0.15, 0.2) is 0 Å². The highest BCUT2D eigenvalue weighted by Gasteiger charge is 2.37. The van der Waals surface area contributed by atoms with Crippen molar-refractivity contribution in [2.24, 2.45) is 11.3 Å². The van der Waals surface area contributed by atoms with Gasteiger partial charge in [0, 0.05) is 23.4 Å². The number of carbonyl (C=O) groups excluding carboxylic acids is 1. The van der Waals surface area contributed by atoms with Gasteiger partial charge in [0.2, 0.25) is 0 Å². The molecule has 1 aromatic carbocycles. The van der Waals surface area contributed by atoms with Crippen molar-refractivity contribution in [3.63, 3.8) is 0 Å². The van der Waals surface area contributed by atoms with Crippen LogP contribution in [0.25, 0.3) is 0 Å². The van der Waals surface area contributed by atoms with Gasteiger partial charge in [-0.1, -0.05) is 6.92 Å². The van der Waals surface area contributed by atoms with Crippen molar-refractivity contribution in [3.05, 3.63) is 52.8 Å². The number of rotatable bonds is 9. The zero-order valence-electron chi connectivity index (χ0n) is 20.8. The van der Waals surface area contributed by atoms with E-state index in [2.05, 4.69) is 16.4 Å². The molecule has 3 rings (SSSR count). The van der Waals surface area contributed by atoms with Crippen molar-refractivity contribution in [3.8, 4) is 17.6 Å². The van der Waals surface area contributed by atoms with Gasteiger partial charge >= 0.3 is 5.97 Å². The zero-order valence-corrected chi connectivity index (χ0v) is 20.8. The molecule has 0 bridgehead atoms. The summed E-state index contributed by atoms with van der Waals surface area (Å²) in [5.41, 5.74) is 1.71. The summed E-state index contributed by atoms with van der Waals surface area (Å²) in [4.78, 5) is 28.5. The first-order valence-electron chi connectivity index (χ1n) is 12.0. The van der Waals surface area contributed by atoms with Gasteiger partial charge in [-0.05, 0) is 76.1 Å². The summed E-state index contributed by atoms with van der Waals surface area (Å²) in [6.07, 6.45) is 4.78. The Morgan fingerprint density at radius 1 is 1.29 bits per heavy atom. The van der Waals surface area contributed by atoms with Crippen molar-refractivity contribution in [1.82, 2.24) is 10.3 Å². The Labute approximate surface area is 206 Å². The average molecular weight is 480 g/mol. The van der Waals surface area contributed by atoms with E-state index in [0.29, 0.717) is 36.4 Å². The van der Waals surface area contributed by atoms with E-state index in [1.807, 2.05) is 19.9 Å². The quantitative estimate of drug-likeness (QED) is 0.536. The molecule has 0 radical (unpaired) electrons. The summed E-state index contributed by atoms with van der Waals surface area (Å²) in [6.45, 7) is 6.15. The maximum Gasteiger partial charge on any atom is 0.309 e. The van der Waals surface area contributed by atoms with Crippen molar-refractivity contribution >= 4 is 11.9 Å². The number of aliphatic carboxylic acids is 1. The largest absolute Gasteiger partial charge is 0.495 e. The normalized spacial score (nSPS) is 20.4. The number of aryl methyl sites for hydroxylation is 1. The molecule has 1 heterocycles. The lowest BCUT2D eigenvalue weighted by Crippen LogP contribution is -2.36. The summed E-state index contributed by atoms with van der Waals surface area (Å²) in [5.74, 6) is 0.211. The van der Waals surface area contributed by atoms with Crippen LogP contribution in [0.1, 0.15) is 79.7 Å². The number of carbonyl (C=O) groups is 2. The number of carboxylic acids is 1. The molecule has 0 saturated heterocycles. The van der Waals surface area contributed by atoms with E-state index in [-0.39, 0.29) is 17.4 Å². The molecule has 1 amide bonds. The minimum absolute atomic E-state index is 0.244. The molecule has 1 saturated carbocycles. The van der Waals surface area contributed by atoms with Gasteiger partial charge in [-0.3, -0.25) is 14.6 Å². The Balaban J connectivity index is 1.65. The molecule has 8 heteroatoms. The average Bonchev–Trinajstić information content (AvgIpc) is 2.87. The van der Waals surface area contributed by atoms with Gasteiger partial charge in [0.25, 0.3) is 5.91 Å². The molecule has 0 aliphatic heterocycles. The lowest BCUT2D eigenvalue weighted by molar-refractivity contribution is -0.150. The molecule has 1 aliphatic carbocycles. The van der Waals surface area contributed by atoms with Crippen LogP contribution in [0.5, 0.6) is 11.5 Å². The van der Waals surface area contributed by atoms with E-state index in [9.17, 15) is 20.0 Å². The lowest BCUT2D eigenvalue weighted by atomic mass is 9.72. The van der Waals surface area contributed by atoms with Gasteiger partial charge in [-0.15, -0.1) is 0 Å². The van der Waals surface area contributed by atoms with Crippen molar-refractivity contribution in [2.45, 2.75) is 59.0 Å². The van der Waals surface area contributed by atoms with Gasteiger partial charge in [0.1, 0.15) is 23.7 Å². The second-order valence-electron chi connectivity index (χ2n) is 9.37. The van der Waals surface area contributed by atoms with Crippen LogP contribution in [-0.2, 0) is 11.2 Å². The van der Waals surface area contributed by atoms with E-state index in [0.717, 1.165) is 30.5 Å². The number of aromatic nitrogens is 1. The molecule has 0 unspecified atom stereocenters. The fourth-order valence-electron chi connectivity index (χ4n) is 4.37. The smallest absolute Gasteiger partial charge is 0.309 e. The van der Waals surface area contributed by atoms with E-state index >= 15 is 0 Å². The Morgan fingerprint density at radius 2 is 2.00 bits per heavy atom. The van der Waals surface area contributed by atoms with E-state index in [4.69, 9.17) is 9.47 Å². The highest BCUT2D eigenvalue weighted by Crippen LogP contribution is 2.38. The van der Waals surface area contributed by atoms with Gasteiger partial charge in [-0.2, -0.15) is 5.26 Å². The Bertz CT molecular complexity index is 1120. The third kappa shape index (κ3) is 6.10. The molecular weight excluding hydrogens is 446 g/mol. The highest BCUT2D eigenvalue weighted by atomic mass is 16.5. The Kier molecular flexibility index (Phi) is 8.34. The minimum atomic E-state index is -0.756. The first kappa shape index (κ1) is 26.0. The number of nitrogens with zero attached hydrogens (tertiary/aromatic N) is 2. The predicted octanol–water partition coefficient (Wildman–Crippen LogP) is 4.68. The summed E-state index contributed by atoms with van der Waals surface area (Å²) >= 11 is 0. The number of benzene rings is 1. The number of methoxy groups -OCH3 is 1. The molecule has 0 spiro atoms. The van der Waals surface area contributed by atoms with Crippen molar-refractivity contribution in [2.75, 3.05) is 13.7 Å². The molecule has 1 fully saturated rings. The molecule has 35 heavy (non-hydrogen) atoms.